The molecule has 4 rings (SSSR count). The first-order valence-corrected chi connectivity index (χ1v) is 10.1. The van der Waals surface area contributed by atoms with E-state index in [0.717, 1.165) is 25.7 Å². The molecular weight excluding hydrogens is 382 g/mol. The minimum absolute atomic E-state index is 0.103. The SMILES string of the molecule is COc1cc(OC)cc(C(=O)N(Cc2nc3ccccc3c(=O)[nH]2)C2CCCC2)c1. The Morgan fingerprint density at radius 1 is 1.10 bits per heavy atom. The average Bonchev–Trinajstić information content (AvgIpc) is 3.31. The van der Waals surface area contributed by atoms with E-state index < -0.39 is 0 Å². The lowest BCUT2D eigenvalue weighted by molar-refractivity contribution is 0.0658. The molecule has 1 N–H and O–H groups in total. The number of rotatable bonds is 6. The van der Waals surface area contributed by atoms with E-state index in [-0.39, 0.29) is 24.1 Å². The highest BCUT2D eigenvalue weighted by atomic mass is 16.5. The Morgan fingerprint density at radius 3 is 2.43 bits per heavy atom. The van der Waals surface area contributed by atoms with E-state index >= 15 is 0 Å². The van der Waals surface area contributed by atoms with Crippen LogP contribution >= 0.6 is 0 Å². The summed E-state index contributed by atoms with van der Waals surface area (Å²) in [5.74, 6) is 1.46. The van der Waals surface area contributed by atoms with Crippen LogP contribution in [0.4, 0.5) is 0 Å². The number of hydrogen-bond acceptors (Lipinski definition) is 5. The molecule has 1 aliphatic carbocycles. The first-order valence-electron chi connectivity index (χ1n) is 10.1. The Balaban J connectivity index is 1.71. The summed E-state index contributed by atoms with van der Waals surface area (Å²) in [7, 11) is 3.11. The Morgan fingerprint density at radius 2 is 1.77 bits per heavy atom. The molecule has 1 aliphatic rings. The van der Waals surface area contributed by atoms with Crippen LogP contribution in [-0.4, -0.2) is 41.0 Å². The average molecular weight is 407 g/mol. The molecule has 0 radical (unpaired) electrons. The molecule has 3 aromatic rings. The molecule has 30 heavy (non-hydrogen) atoms. The zero-order chi connectivity index (χ0) is 21.1. The van der Waals surface area contributed by atoms with Crippen LogP contribution in [0.1, 0.15) is 41.9 Å². The van der Waals surface area contributed by atoms with Gasteiger partial charge in [0.15, 0.2) is 0 Å². The number of carbonyl (C=O) groups excluding carboxylic acids is 1. The van der Waals surface area contributed by atoms with Gasteiger partial charge in [0, 0.05) is 17.7 Å². The maximum atomic E-state index is 13.5. The van der Waals surface area contributed by atoms with Gasteiger partial charge in [-0.3, -0.25) is 9.59 Å². The number of H-pyrrole nitrogens is 1. The lowest BCUT2D eigenvalue weighted by atomic mass is 10.1. The van der Waals surface area contributed by atoms with Gasteiger partial charge in [-0.05, 0) is 37.1 Å². The van der Waals surface area contributed by atoms with E-state index in [1.54, 1.807) is 38.5 Å². The first kappa shape index (κ1) is 19.9. The van der Waals surface area contributed by atoms with Crippen molar-refractivity contribution in [2.24, 2.45) is 0 Å². The number of nitrogens with zero attached hydrogens (tertiary/aromatic N) is 2. The third-order valence-corrected chi connectivity index (χ3v) is 5.61. The van der Waals surface area contributed by atoms with Gasteiger partial charge in [-0.1, -0.05) is 25.0 Å². The molecule has 1 aromatic heterocycles. The number of para-hydroxylation sites is 1. The molecule has 0 bridgehead atoms. The number of aromatic nitrogens is 2. The van der Waals surface area contributed by atoms with Crippen LogP contribution in [0.2, 0.25) is 0 Å². The van der Waals surface area contributed by atoms with E-state index in [2.05, 4.69) is 9.97 Å². The Bertz CT molecular complexity index is 1100. The molecule has 7 nitrogen and oxygen atoms in total. The standard InChI is InChI=1S/C23H25N3O4/c1-29-17-11-15(12-18(13-17)30-2)23(28)26(16-7-3-4-8-16)14-21-24-20-10-6-5-9-19(20)22(27)25-21/h5-6,9-13,16H,3-4,7-8,14H2,1-2H3,(H,24,25,27). The van der Waals surface area contributed by atoms with Crippen molar-refractivity contribution in [2.75, 3.05) is 14.2 Å². The van der Waals surface area contributed by atoms with Crippen molar-refractivity contribution in [1.29, 1.82) is 0 Å². The molecule has 0 atom stereocenters. The third-order valence-electron chi connectivity index (χ3n) is 5.61. The maximum Gasteiger partial charge on any atom is 0.258 e. The van der Waals surface area contributed by atoms with Crippen molar-refractivity contribution in [3.63, 3.8) is 0 Å². The number of carbonyl (C=O) groups is 1. The van der Waals surface area contributed by atoms with E-state index in [9.17, 15) is 9.59 Å². The van der Waals surface area contributed by atoms with Crippen LogP contribution in [-0.2, 0) is 6.54 Å². The summed E-state index contributed by atoms with van der Waals surface area (Å²) in [6, 6.07) is 12.5. The molecule has 1 fully saturated rings. The quantitative estimate of drug-likeness (QED) is 0.676. The van der Waals surface area contributed by atoms with Crippen molar-refractivity contribution >= 4 is 16.8 Å². The molecule has 7 heteroatoms. The molecule has 0 spiro atoms. The lowest BCUT2D eigenvalue weighted by Gasteiger charge is -2.29. The van der Waals surface area contributed by atoms with E-state index in [4.69, 9.17) is 9.47 Å². The lowest BCUT2D eigenvalue weighted by Crippen LogP contribution is -2.39. The fraction of sp³-hybridized carbons (Fsp3) is 0.348. The first-order chi connectivity index (χ1) is 14.6. The highest BCUT2D eigenvalue weighted by Crippen LogP contribution is 2.29. The molecule has 2 aromatic carbocycles. The fourth-order valence-electron chi connectivity index (χ4n) is 4.05. The molecule has 0 saturated heterocycles. The normalized spacial score (nSPS) is 14.1. The van der Waals surface area contributed by atoms with Crippen LogP contribution in [0.25, 0.3) is 10.9 Å². The smallest absolute Gasteiger partial charge is 0.258 e. The van der Waals surface area contributed by atoms with Gasteiger partial charge in [0.2, 0.25) is 0 Å². The van der Waals surface area contributed by atoms with E-state index in [1.165, 1.54) is 0 Å². The summed E-state index contributed by atoms with van der Waals surface area (Å²) in [5.41, 5.74) is 0.914. The van der Waals surface area contributed by atoms with Gasteiger partial charge in [0.1, 0.15) is 17.3 Å². The van der Waals surface area contributed by atoms with Gasteiger partial charge in [0.05, 0.1) is 31.7 Å². The molecule has 0 unspecified atom stereocenters. The highest BCUT2D eigenvalue weighted by molar-refractivity contribution is 5.95. The number of nitrogens with one attached hydrogen (secondary N) is 1. The minimum Gasteiger partial charge on any atom is -0.497 e. The number of methoxy groups -OCH3 is 2. The van der Waals surface area contributed by atoms with Gasteiger partial charge < -0.3 is 19.4 Å². The van der Waals surface area contributed by atoms with Crippen LogP contribution < -0.4 is 15.0 Å². The second-order valence-electron chi connectivity index (χ2n) is 7.50. The molecule has 1 saturated carbocycles. The predicted molar refractivity (Wildman–Crippen MR) is 114 cm³/mol. The van der Waals surface area contributed by atoms with Crippen molar-refractivity contribution in [1.82, 2.24) is 14.9 Å². The number of aromatic amines is 1. The summed E-state index contributed by atoms with van der Waals surface area (Å²) in [5, 5.41) is 0.539. The topological polar surface area (TPSA) is 84.5 Å². The predicted octanol–water partition coefficient (Wildman–Crippen LogP) is 3.53. The summed E-state index contributed by atoms with van der Waals surface area (Å²) in [6.45, 7) is 0.239. The van der Waals surface area contributed by atoms with Gasteiger partial charge in [0.25, 0.3) is 11.5 Å². The van der Waals surface area contributed by atoms with Crippen LogP contribution in [0.5, 0.6) is 11.5 Å². The van der Waals surface area contributed by atoms with Gasteiger partial charge in [-0.15, -0.1) is 0 Å². The fourth-order valence-corrected chi connectivity index (χ4v) is 4.05. The second-order valence-corrected chi connectivity index (χ2v) is 7.50. The summed E-state index contributed by atoms with van der Waals surface area (Å²) < 4.78 is 10.6. The third kappa shape index (κ3) is 4.01. The van der Waals surface area contributed by atoms with Crippen LogP contribution in [0.15, 0.2) is 47.3 Å². The zero-order valence-corrected chi connectivity index (χ0v) is 17.2. The maximum absolute atomic E-state index is 13.5. The Hall–Kier alpha value is -3.35. The summed E-state index contributed by atoms with van der Waals surface area (Å²) >= 11 is 0. The Labute approximate surface area is 174 Å². The highest BCUT2D eigenvalue weighted by Gasteiger charge is 2.29. The number of hydrogen-bond donors (Lipinski definition) is 1. The largest absolute Gasteiger partial charge is 0.497 e. The Kier molecular flexibility index (Phi) is 5.70. The molecule has 1 amide bonds. The molecule has 156 valence electrons. The van der Waals surface area contributed by atoms with Crippen molar-refractivity contribution in [3.05, 3.63) is 64.2 Å². The van der Waals surface area contributed by atoms with Crippen molar-refractivity contribution in [3.8, 4) is 11.5 Å². The minimum atomic E-state index is -0.197. The second kappa shape index (κ2) is 8.57. The molecular formula is C23H25N3O4. The van der Waals surface area contributed by atoms with Crippen LogP contribution in [0.3, 0.4) is 0 Å². The zero-order valence-electron chi connectivity index (χ0n) is 17.2. The van der Waals surface area contributed by atoms with Gasteiger partial charge in [-0.2, -0.15) is 0 Å². The molecule has 1 heterocycles. The van der Waals surface area contributed by atoms with Crippen LogP contribution in [0, 0.1) is 0 Å². The van der Waals surface area contributed by atoms with Crippen molar-refractivity contribution < 1.29 is 14.3 Å². The number of fused-ring (bicyclic) bond motifs is 1. The van der Waals surface area contributed by atoms with E-state index in [1.807, 2.05) is 23.1 Å². The molecule has 0 aliphatic heterocycles. The summed E-state index contributed by atoms with van der Waals surface area (Å²) in [4.78, 5) is 35.2. The number of amides is 1. The number of ether oxygens (including phenoxy) is 2. The number of benzene rings is 2. The monoisotopic (exact) mass is 407 g/mol. The van der Waals surface area contributed by atoms with Gasteiger partial charge >= 0.3 is 0 Å². The van der Waals surface area contributed by atoms with E-state index in [0.29, 0.717) is 33.8 Å². The van der Waals surface area contributed by atoms with Crippen molar-refractivity contribution in [2.45, 2.75) is 38.3 Å². The summed E-state index contributed by atoms with van der Waals surface area (Å²) in [6.07, 6.45) is 4.03. The van der Waals surface area contributed by atoms with Gasteiger partial charge in [-0.25, -0.2) is 4.98 Å².